The predicted molar refractivity (Wildman–Crippen MR) is 78.2 cm³/mol. The van der Waals surface area contributed by atoms with Gasteiger partial charge in [-0.2, -0.15) is 0 Å². The first-order valence-corrected chi connectivity index (χ1v) is 6.96. The largest absolute Gasteiger partial charge is 0.493 e. The van der Waals surface area contributed by atoms with Crippen molar-refractivity contribution in [2.24, 2.45) is 0 Å². The minimum absolute atomic E-state index is 0.535. The van der Waals surface area contributed by atoms with Crippen molar-refractivity contribution >= 4 is 15.9 Å². The molecule has 0 fully saturated rings. The van der Waals surface area contributed by atoms with Gasteiger partial charge in [-0.25, -0.2) is 0 Å². The Balaban J connectivity index is 2.01. The maximum absolute atomic E-state index is 9.70. The van der Waals surface area contributed by atoms with Crippen LogP contribution >= 0.6 is 15.9 Å². The summed E-state index contributed by atoms with van der Waals surface area (Å²) in [6.45, 7) is 2.27. The lowest BCUT2D eigenvalue weighted by atomic mass is 10.1. The van der Waals surface area contributed by atoms with Gasteiger partial charge in [0.25, 0.3) is 0 Å². The monoisotopic (exact) mass is 321 g/mol. The van der Waals surface area contributed by atoms with E-state index in [1.807, 2.05) is 36.4 Å². The zero-order chi connectivity index (χ0) is 13.7. The molecule has 0 unspecified atom stereocenters. The van der Waals surface area contributed by atoms with Crippen LogP contribution in [0.3, 0.4) is 0 Å². The minimum atomic E-state index is -0.544. The second-order valence-electron chi connectivity index (χ2n) is 4.28. The zero-order valence-electron chi connectivity index (χ0n) is 10.7. The molecule has 2 rings (SSSR count). The second kappa shape index (κ2) is 6.68. The maximum atomic E-state index is 9.70. The summed E-state index contributed by atoms with van der Waals surface area (Å²) >= 11 is 3.41. The van der Waals surface area contributed by atoms with E-state index < -0.39 is 6.10 Å². The van der Waals surface area contributed by atoms with Gasteiger partial charge in [-0.05, 0) is 31.2 Å². The number of aliphatic hydroxyl groups excluding tert-OH is 1. The molecule has 0 aliphatic heterocycles. The molecule has 0 saturated heterocycles. The molecular formula is C15H16BrNO2. The zero-order valence-corrected chi connectivity index (χ0v) is 12.3. The molecular weight excluding hydrogens is 306 g/mol. The average molecular weight is 322 g/mol. The highest BCUT2D eigenvalue weighted by molar-refractivity contribution is 9.10. The van der Waals surface area contributed by atoms with Crippen LogP contribution in [0.1, 0.15) is 24.3 Å². The number of halogens is 1. The Morgan fingerprint density at radius 1 is 1.32 bits per heavy atom. The third kappa shape index (κ3) is 4.04. The molecule has 0 bridgehead atoms. The van der Waals surface area contributed by atoms with Crippen LogP contribution in [0.15, 0.2) is 47.1 Å². The van der Waals surface area contributed by atoms with E-state index in [-0.39, 0.29) is 0 Å². The van der Waals surface area contributed by atoms with Gasteiger partial charge in [-0.15, -0.1) is 0 Å². The van der Waals surface area contributed by atoms with Gasteiger partial charge >= 0.3 is 0 Å². The highest BCUT2D eigenvalue weighted by atomic mass is 79.9. The van der Waals surface area contributed by atoms with Gasteiger partial charge in [0, 0.05) is 28.3 Å². The highest BCUT2D eigenvalue weighted by Crippen LogP contribution is 2.28. The van der Waals surface area contributed by atoms with Gasteiger partial charge in [0.05, 0.1) is 12.7 Å². The molecule has 2 aromatic rings. The summed E-state index contributed by atoms with van der Waals surface area (Å²) in [5.74, 6) is 0.709. The SMILES string of the molecule is C[C@@H](O)c1ccc(Br)cc1OCCc1ccccn1. The summed E-state index contributed by atoms with van der Waals surface area (Å²) in [5.41, 5.74) is 1.79. The third-order valence-electron chi connectivity index (χ3n) is 2.77. The lowest BCUT2D eigenvalue weighted by Crippen LogP contribution is -2.05. The molecule has 100 valence electrons. The van der Waals surface area contributed by atoms with Gasteiger partial charge in [-0.3, -0.25) is 4.98 Å². The second-order valence-corrected chi connectivity index (χ2v) is 5.19. The average Bonchev–Trinajstić information content (AvgIpc) is 2.39. The summed E-state index contributed by atoms with van der Waals surface area (Å²) in [6, 6.07) is 11.5. The highest BCUT2D eigenvalue weighted by Gasteiger charge is 2.09. The number of ether oxygens (including phenoxy) is 1. The predicted octanol–water partition coefficient (Wildman–Crippen LogP) is 3.52. The molecule has 3 nitrogen and oxygen atoms in total. The van der Waals surface area contributed by atoms with E-state index in [4.69, 9.17) is 4.74 Å². The lowest BCUT2D eigenvalue weighted by molar-refractivity contribution is 0.191. The van der Waals surface area contributed by atoms with Crippen LogP contribution in [-0.2, 0) is 6.42 Å². The Bertz CT molecular complexity index is 529. The fourth-order valence-electron chi connectivity index (χ4n) is 1.79. The summed E-state index contributed by atoms with van der Waals surface area (Å²) in [5, 5.41) is 9.70. The molecule has 0 saturated carbocycles. The fraction of sp³-hybridized carbons (Fsp3) is 0.267. The molecule has 1 N–H and O–H groups in total. The number of pyridine rings is 1. The van der Waals surface area contributed by atoms with E-state index in [0.29, 0.717) is 12.4 Å². The van der Waals surface area contributed by atoms with E-state index >= 15 is 0 Å². The van der Waals surface area contributed by atoms with Crippen molar-refractivity contribution in [1.29, 1.82) is 0 Å². The van der Waals surface area contributed by atoms with Crippen molar-refractivity contribution in [2.45, 2.75) is 19.4 Å². The Morgan fingerprint density at radius 2 is 2.16 bits per heavy atom. The molecule has 0 aliphatic rings. The van der Waals surface area contributed by atoms with Gasteiger partial charge in [0.2, 0.25) is 0 Å². The molecule has 0 spiro atoms. The van der Waals surface area contributed by atoms with Gasteiger partial charge in [0.15, 0.2) is 0 Å². The Morgan fingerprint density at radius 3 is 2.84 bits per heavy atom. The van der Waals surface area contributed by atoms with Crippen molar-refractivity contribution < 1.29 is 9.84 Å². The van der Waals surface area contributed by atoms with Crippen LogP contribution in [0, 0.1) is 0 Å². The first kappa shape index (κ1) is 14.0. The van der Waals surface area contributed by atoms with Crippen molar-refractivity contribution in [2.75, 3.05) is 6.61 Å². The summed E-state index contributed by atoms with van der Waals surface area (Å²) < 4.78 is 6.69. The molecule has 1 atom stereocenters. The van der Waals surface area contributed by atoms with Gasteiger partial charge < -0.3 is 9.84 Å². The first-order valence-electron chi connectivity index (χ1n) is 6.17. The van der Waals surface area contributed by atoms with Gasteiger partial charge in [0.1, 0.15) is 5.75 Å². The van der Waals surface area contributed by atoms with Gasteiger partial charge in [-0.1, -0.05) is 28.1 Å². The van der Waals surface area contributed by atoms with Crippen LogP contribution in [0.4, 0.5) is 0 Å². The van der Waals surface area contributed by atoms with Crippen LogP contribution in [0.2, 0.25) is 0 Å². The number of nitrogens with zero attached hydrogens (tertiary/aromatic N) is 1. The number of aliphatic hydroxyl groups is 1. The molecule has 1 heterocycles. The van der Waals surface area contributed by atoms with Crippen molar-refractivity contribution in [3.8, 4) is 5.75 Å². The topological polar surface area (TPSA) is 42.4 Å². The Labute approximate surface area is 121 Å². The number of rotatable bonds is 5. The van der Waals surface area contributed by atoms with Crippen LogP contribution in [-0.4, -0.2) is 16.7 Å². The summed E-state index contributed by atoms with van der Waals surface area (Å²) in [4.78, 5) is 4.25. The van der Waals surface area contributed by atoms with Crippen molar-refractivity contribution in [3.63, 3.8) is 0 Å². The Hall–Kier alpha value is -1.39. The summed E-state index contributed by atoms with van der Waals surface area (Å²) in [6.07, 6.45) is 1.97. The molecule has 1 aromatic heterocycles. The van der Waals surface area contributed by atoms with E-state index in [1.54, 1.807) is 13.1 Å². The minimum Gasteiger partial charge on any atom is -0.493 e. The number of hydrogen-bond donors (Lipinski definition) is 1. The lowest BCUT2D eigenvalue weighted by Gasteiger charge is -2.13. The Kier molecular flexibility index (Phi) is 4.93. The molecule has 1 aromatic carbocycles. The van der Waals surface area contributed by atoms with Crippen LogP contribution < -0.4 is 4.74 Å². The quantitative estimate of drug-likeness (QED) is 0.916. The van der Waals surface area contributed by atoms with E-state index in [1.165, 1.54) is 0 Å². The fourth-order valence-corrected chi connectivity index (χ4v) is 2.13. The number of hydrogen-bond acceptors (Lipinski definition) is 3. The number of aromatic nitrogens is 1. The molecule has 0 aliphatic carbocycles. The van der Waals surface area contributed by atoms with Crippen molar-refractivity contribution in [1.82, 2.24) is 4.98 Å². The van der Waals surface area contributed by atoms with Crippen LogP contribution in [0.5, 0.6) is 5.75 Å². The maximum Gasteiger partial charge on any atom is 0.126 e. The summed E-state index contributed by atoms with van der Waals surface area (Å²) in [7, 11) is 0. The first-order chi connectivity index (χ1) is 9.16. The van der Waals surface area contributed by atoms with E-state index in [2.05, 4.69) is 20.9 Å². The third-order valence-corrected chi connectivity index (χ3v) is 3.26. The van der Waals surface area contributed by atoms with E-state index in [0.717, 1.165) is 22.2 Å². The standard InChI is InChI=1S/C15H16BrNO2/c1-11(18)14-6-5-12(16)10-15(14)19-9-7-13-4-2-3-8-17-13/h2-6,8,10-11,18H,7,9H2,1H3/t11-/m1/s1. The van der Waals surface area contributed by atoms with Crippen LogP contribution in [0.25, 0.3) is 0 Å². The molecule has 0 amide bonds. The normalized spacial score (nSPS) is 12.2. The molecule has 19 heavy (non-hydrogen) atoms. The molecule has 0 radical (unpaired) electrons. The number of benzene rings is 1. The van der Waals surface area contributed by atoms with Crippen molar-refractivity contribution in [3.05, 3.63) is 58.3 Å². The smallest absolute Gasteiger partial charge is 0.126 e. The molecule has 4 heteroatoms. The van der Waals surface area contributed by atoms with E-state index in [9.17, 15) is 5.11 Å².